The molecule has 92 valence electrons. The molecule has 1 aliphatic carbocycles. The summed E-state index contributed by atoms with van der Waals surface area (Å²) < 4.78 is 0. The number of hydrogen-bond donors (Lipinski definition) is 2. The van der Waals surface area contributed by atoms with E-state index in [1.807, 2.05) is 0 Å². The zero-order valence-electron chi connectivity index (χ0n) is 10.2. The van der Waals surface area contributed by atoms with Crippen LogP contribution in [0.2, 0.25) is 0 Å². The first-order chi connectivity index (χ1) is 8.12. The summed E-state index contributed by atoms with van der Waals surface area (Å²) in [6.07, 6.45) is 3.61. The summed E-state index contributed by atoms with van der Waals surface area (Å²) in [5.74, 6) is 0. The normalized spacial score (nSPS) is 17.9. The van der Waals surface area contributed by atoms with E-state index < -0.39 is 6.09 Å². The van der Waals surface area contributed by atoms with Crippen LogP contribution >= 0.6 is 0 Å². The predicted molar refractivity (Wildman–Crippen MR) is 67.4 cm³/mol. The average Bonchev–Trinajstić information content (AvgIpc) is 2.77. The van der Waals surface area contributed by atoms with Crippen molar-refractivity contribution in [3.63, 3.8) is 0 Å². The van der Waals surface area contributed by atoms with Gasteiger partial charge in [-0.25, -0.2) is 4.79 Å². The Bertz CT molecular complexity index is 391. The monoisotopic (exact) mass is 233 g/mol. The number of carboxylic acid groups (broad SMARTS) is 1. The number of nitrogens with one attached hydrogen (secondary N) is 1. The molecular formula is C14H19NO2. The van der Waals surface area contributed by atoms with Crippen LogP contribution in [0.4, 0.5) is 4.79 Å². The number of rotatable bonds is 3. The van der Waals surface area contributed by atoms with Crippen LogP contribution in [0.15, 0.2) is 24.3 Å². The molecule has 0 saturated heterocycles. The van der Waals surface area contributed by atoms with Gasteiger partial charge in [0.25, 0.3) is 0 Å². The molecule has 17 heavy (non-hydrogen) atoms. The second-order valence-corrected chi connectivity index (χ2v) is 5.01. The van der Waals surface area contributed by atoms with Crippen molar-refractivity contribution in [2.45, 2.75) is 38.0 Å². The van der Waals surface area contributed by atoms with Gasteiger partial charge in [-0.05, 0) is 25.3 Å². The summed E-state index contributed by atoms with van der Waals surface area (Å²) in [5.41, 5.74) is 2.54. The summed E-state index contributed by atoms with van der Waals surface area (Å²) in [7, 11) is 0. The Hall–Kier alpha value is -1.51. The molecule has 1 fully saturated rings. The van der Waals surface area contributed by atoms with Crippen LogP contribution in [0.25, 0.3) is 0 Å². The Morgan fingerprint density at radius 3 is 2.41 bits per heavy atom. The molecule has 1 amide bonds. The van der Waals surface area contributed by atoms with Crippen molar-refractivity contribution < 1.29 is 9.90 Å². The molecule has 0 heterocycles. The highest BCUT2D eigenvalue weighted by molar-refractivity contribution is 5.64. The quantitative estimate of drug-likeness (QED) is 0.843. The molecule has 3 heteroatoms. The lowest BCUT2D eigenvalue weighted by Gasteiger charge is -2.29. The first-order valence-corrected chi connectivity index (χ1v) is 6.16. The molecule has 0 aromatic heterocycles. The van der Waals surface area contributed by atoms with Crippen LogP contribution in [0.5, 0.6) is 0 Å². The molecule has 0 unspecified atom stereocenters. The van der Waals surface area contributed by atoms with E-state index in [0.29, 0.717) is 6.54 Å². The van der Waals surface area contributed by atoms with E-state index in [1.165, 1.54) is 24.0 Å². The molecule has 1 aliphatic rings. The smallest absolute Gasteiger partial charge is 0.404 e. The number of benzene rings is 1. The Kier molecular flexibility index (Phi) is 3.36. The molecule has 3 nitrogen and oxygen atoms in total. The lowest BCUT2D eigenvalue weighted by molar-refractivity contribution is 0.190. The third-order valence-electron chi connectivity index (χ3n) is 3.80. The minimum atomic E-state index is -0.927. The van der Waals surface area contributed by atoms with E-state index >= 15 is 0 Å². The van der Waals surface area contributed by atoms with Gasteiger partial charge in [-0.15, -0.1) is 0 Å². The molecule has 1 aromatic rings. The summed E-state index contributed by atoms with van der Waals surface area (Å²) in [4.78, 5) is 10.7. The van der Waals surface area contributed by atoms with Gasteiger partial charge in [-0.1, -0.05) is 42.7 Å². The summed E-state index contributed by atoms with van der Waals surface area (Å²) in [6.45, 7) is 2.60. The van der Waals surface area contributed by atoms with E-state index in [0.717, 1.165) is 12.8 Å². The molecule has 0 bridgehead atoms. The first-order valence-electron chi connectivity index (χ1n) is 6.16. The molecule has 1 aromatic carbocycles. The fourth-order valence-electron chi connectivity index (χ4n) is 2.77. The molecule has 2 N–H and O–H groups in total. The molecule has 0 atom stereocenters. The van der Waals surface area contributed by atoms with Crippen LogP contribution in [-0.2, 0) is 5.41 Å². The van der Waals surface area contributed by atoms with Gasteiger partial charge < -0.3 is 10.4 Å². The summed E-state index contributed by atoms with van der Waals surface area (Å²) in [5, 5.41) is 11.3. The maximum absolute atomic E-state index is 10.7. The zero-order chi connectivity index (χ0) is 12.3. The predicted octanol–water partition coefficient (Wildman–Crippen LogP) is 3.07. The van der Waals surface area contributed by atoms with E-state index in [1.54, 1.807) is 0 Å². The number of hydrogen-bond acceptors (Lipinski definition) is 1. The van der Waals surface area contributed by atoms with Crippen LogP contribution in [0, 0.1) is 6.92 Å². The van der Waals surface area contributed by atoms with Gasteiger partial charge >= 0.3 is 6.09 Å². The Labute approximate surface area is 102 Å². The minimum Gasteiger partial charge on any atom is -0.465 e. The highest BCUT2D eigenvalue weighted by Crippen LogP contribution is 2.40. The Balaban J connectivity index is 2.21. The van der Waals surface area contributed by atoms with Gasteiger partial charge in [-0.3, -0.25) is 0 Å². The molecule has 1 saturated carbocycles. The third-order valence-corrected chi connectivity index (χ3v) is 3.80. The number of aryl methyl sites for hydroxylation is 1. The standard InChI is InChI=1S/C14H19NO2/c1-11-4-6-12(7-5-11)14(8-2-3-9-14)10-15-13(16)17/h4-7,15H,2-3,8-10H2,1H3,(H,16,17). The summed E-state index contributed by atoms with van der Waals surface area (Å²) in [6, 6.07) is 8.50. The fraction of sp³-hybridized carbons (Fsp3) is 0.500. The van der Waals surface area contributed by atoms with E-state index in [9.17, 15) is 4.79 Å². The van der Waals surface area contributed by atoms with Crippen molar-refractivity contribution >= 4 is 6.09 Å². The van der Waals surface area contributed by atoms with E-state index in [4.69, 9.17) is 5.11 Å². The highest BCUT2D eigenvalue weighted by Gasteiger charge is 2.35. The van der Waals surface area contributed by atoms with Crippen molar-refractivity contribution in [1.29, 1.82) is 0 Å². The average molecular weight is 233 g/mol. The lowest BCUT2D eigenvalue weighted by atomic mass is 9.78. The largest absolute Gasteiger partial charge is 0.465 e. The number of carbonyl (C=O) groups is 1. The maximum Gasteiger partial charge on any atom is 0.404 e. The molecule has 0 spiro atoms. The van der Waals surface area contributed by atoms with E-state index in [-0.39, 0.29) is 5.41 Å². The fourth-order valence-corrected chi connectivity index (χ4v) is 2.77. The zero-order valence-corrected chi connectivity index (χ0v) is 10.2. The molecule has 0 radical (unpaired) electrons. The first kappa shape index (κ1) is 12.0. The van der Waals surface area contributed by atoms with Gasteiger partial charge in [0.05, 0.1) is 0 Å². The van der Waals surface area contributed by atoms with Gasteiger partial charge in [-0.2, -0.15) is 0 Å². The van der Waals surface area contributed by atoms with Crippen LogP contribution < -0.4 is 5.32 Å². The summed E-state index contributed by atoms with van der Waals surface area (Å²) >= 11 is 0. The van der Waals surface area contributed by atoms with Gasteiger partial charge in [0.2, 0.25) is 0 Å². The van der Waals surface area contributed by atoms with Gasteiger partial charge in [0.15, 0.2) is 0 Å². The van der Waals surface area contributed by atoms with Crippen molar-refractivity contribution in [3.8, 4) is 0 Å². The lowest BCUT2D eigenvalue weighted by Crippen LogP contribution is -2.38. The second-order valence-electron chi connectivity index (χ2n) is 5.01. The Morgan fingerprint density at radius 1 is 1.29 bits per heavy atom. The van der Waals surface area contributed by atoms with Crippen LogP contribution in [-0.4, -0.2) is 17.7 Å². The number of amides is 1. The van der Waals surface area contributed by atoms with Crippen molar-refractivity contribution in [3.05, 3.63) is 35.4 Å². The van der Waals surface area contributed by atoms with Crippen molar-refractivity contribution in [2.75, 3.05) is 6.54 Å². The minimum absolute atomic E-state index is 0.0199. The molecular weight excluding hydrogens is 214 g/mol. The van der Waals surface area contributed by atoms with Crippen molar-refractivity contribution in [1.82, 2.24) is 5.32 Å². The van der Waals surface area contributed by atoms with Crippen molar-refractivity contribution in [2.24, 2.45) is 0 Å². The van der Waals surface area contributed by atoms with Crippen LogP contribution in [0.3, 0.4) is 0 Å². The van der Waals surface area contributed by atoms with E-state index in [2.05, 4.69) is 36.5 Å². The molecule has 0 aliphatic heterocycles. The highest BCUT2D eigenvalue weighted by atomic mass is 16.4. The molecule has 2 rings (SSSR count). The topological polar surface area (TPSA) is 49.3 Å². The third kappa shape index (κ3) is 2.60. The SMILES string of the molecule is Cc1ccc(C2(CNC(=O)O)CCCC2)cc1. The Morgan fingerprint density at radius 2 is 1.88 bits per heavy atom. The van der Waals surface area contributed by atoms with Crippen LogP contribution in [0.1, 0.15) is 36.8 Å². The second kappa shape index (κ2) is 4.78. The van der Waals surface area contributed by atoms with Gasteiger partial charge in [0.1, 0.15) is 0 Å². The van der Waals surface area contributed by atoms with Gasteiger partial charge in [0, 0.05) is 12.0 Å². The maximum atomic E-state index is 10.7.